The molecule has 0 bridgehead atoms. The molecule has 19 heavy (non-hydrogen) atoms. The molecule has 1 saturated carbocycles. The van der Waals surface area contributed by atoms with Gasteiger partial charge in [0.15, 0.2) is 0 Å². The van der Waals surface area contributed by atoms with Crippen molar-refractivity contribution in [2.24, 2.45) is 5.92 Å². The molecule has 0 heterocycles. The van der Waals surface area contributed by atoms with Gasteiger partial charge in [0.1, 0.15) is 0 Å². The summed E-state index contributed by atoms with van der Waals surface area (Å²) in [6.45, 7) is 4.47. The Morgan fingerprint density at radius 3 is 2.32 bits per heavy atom. The third kappa shape index (κ3) is 4.11. The third-order valence-electron chi connectivity index (χ3n) is 4.24. The average molecular weight is 277 g/mol. The smallest absolute Gasteiger partial charge is 0.0439 e. The van der Waals surface area contributed by atoms with Gasteiger partial charge in [-0.2, -0.15) is 0 Å². The van der Waals surface area contributed by atoms with E-state index in [4.69, 9.17) is 11.6 Å². The highest BCUT2D eigenvalue weighted by atomic mass is 35.5. The summed E-state index contributed by atoms with van der Waals surface area (Å²) in [5.74, 6) is 2.00. The molecule has 1 aromatic rings. The molecular formula is C18H25Cl. The minimum absolute atomic E-state index is 0.601. The Kier molecular flexibility index (Phi) is 5.51. The molecule has 0 unspecified atom stereocenters. The maximum atomic E-state index is 6.16. The average Bonchev–Trinajstić information content (AvgIpc) is 2.46. The van der Waals surface area contributed by atoms with E-state index in [2.05, 4.69) is 44.2 Å². The van der Waals surface area contributed by atoms with Gasteiger partial charge in [0, 0.05) is 5.88 Å². The highest BCUT2D eigenvalue weighted by molar-refractivity contribution is 6.19. The van der Waals surface area contributed by atoms with Crippen LogP contribution in [0, 0.1) is 5.92 Å². The molecule has 1 aromatic carbocycles. The van der Waals surface area contributed by atoms with Crippen LogP contribution < -0.4 is 0 Å². The first-order valence-electron chi connectivity index (χ1n) is 7.57. The Bertz CT molecular complexity index is 408. The summed E-state index contributed by atoms with van der Waals surface area (Å²) in [6, 6.07) is 8.93. The zero-order chi connectivity index (χ0) is 13.7. The first-order chi connectivity index (χ1) is 9.20. The van der Waals surface area contributed by atoms with Crippen LogP contribution >= 0.6 is 11.6 Å². The lowest BCUT2D eigenvalue weighted by Gasteiger charge is -2.23. The summed E-state index contributed by atoms with van der Waals surface area (Å²) in [6.07, 6.45) is 9.09. The number of allylic oxidation sites excluding steroid dienone is 1. The maximum Gasteiger partial charge on any atom is 0.0439 e. The van der Waals surface area contributed by atoms with Gasteiger partial charge in [-0.15, -0.1) is 11.6 Å². The predicted octanol–water partition coefficient (Wildman–Crippen LogP) is 6.01. The fourth-order valence-corrected chi connectivity index (χ4v) is 3.23. The van der Waals surface area contributed by atoms with Crippen LogP contribution in [0.15, 0.2) is 29.8 Å². The second-order valence-electron chi connectivity index (χ2n) is 6.01. The van der Waals surface area contributed by atoms with Crippen LogP contribution in [0.2, 0.25) is 0 Å². The summed E-state index contributed by atoms with van der Waals surface area (Å²) in [5, 5.41) is 0. The van der Waals surface area contributed by atoms with Gasteiger partial charge in [-0.25, -0.2) is 0 Å². The molecule has 0 atom stereocenters. The van der Waals surface area contributed by atoms with E-state index in [1.54, 1.807) is 0 Å². The van der Waals surface area contributed by atoms with Crippen LogP contribution in [0.5, 0.6) is 0 Å². The summed E-state index contributed by atoms with van der Waals surface area (Å²) in [5.41, 5.74) is 4.13. The Morgan fingerprint density at radius 1 is 1.16 bits per heavy atom. The monoisotopic (exact) mass is 276 g/mol. The fraction of sp³-hybridized carbons (Fsp3) is 0.556. The number of benzene rings is 1. The van der Waals surface area contributed by atoms with Crippen LogP contribution in [0.25, 0.3) is 6.08 Å². The molecule has 0 N–H and O–H groups in total. The molecule has 1 aliphatic rings. The molecule has 0 aromatic heterocycles. The van der Waals surface area contributed by atoms with Gasteiger partial charge in [0.25, 0.3) is 0 Å². The zero-order valence-corrected chi connectivity index (χ0v) is 12.9. The molecule has 104 valence electrons. The third-order valence-corrected chi connectivity index (χ3v) is 4.55. The van der Waals surface area contributed by atoms with E-state index >= 15 is 0 Å². The summed E-state index contributed by atoms with van der Waals surface area (Å²) in [7, 11) is 0. The number of rotatable bonds is 4. The Hall–Kier alpha value is -0.750. The van der Waals surface area contributed by atoms with Crippen molar-refractivity contribution in [3.63, 3.8) is 0 Å². The number of alkyl halides is 1. The molecule has 0 saturated heterocycles. The molecule has 0 amide bonds. The highest BCUT2D eigenvalue weighted by Gasteiger charge is 2.17. The first-order valence-corrected chi connectivity index (χ1v) is 8.10. The molecule has 0 nitrogen and oxygen atoms in total. The maximum absolute atomic E-state index is 6.16. The van der Waals surface area contributed by atoms with E-state index in [1.165, 1.54) is 48.8 Å². The van der Waals surface area contributed by atoms with Gasteiger partial charge < -0.3 is 0 Å². The Morgan fingerprint density at radius 2 is 1.79 bits per heavy atom. The Balaban J connectivity index is 2.12. The molecule has 1 fully saturated rings. The standard InChI is InChI=1S/C18H25Cl/c1-14(2)16-10-8-15(9-11-16)12-18(13-19)17-6-4-3-5-7-17/h8-12,14,17H,3-7,13H2,1-2H3. The Labute approximate surface area is 122 Å². The summed E-state index contributed by atoms with van der Waals surface area (Å²) in [4.78, 5) is 0. The summed E-state index contributed by atoms with van der Waals surface area (Å²) >= 11 is 6.16. The highest BCUT2D eigenvalue weighted by Crippen LogP contribution is 2.31. The van der Waals surface area contributed by atoms with Crippen molar-refractivity contribution >= 4 is 17.7 Å². The van der Waals surface area contributed by atoms with E-state index < -0.39 is 0 Å². The van der Waals surface area contributed by atoms with E-state index in [9.17, 15) is 0 Å². The van der Waals surface area contributed by atoms with Crippen LogP contribution in [-0.4, -0.2) is 5.88 Å². The van der Waals surface area contributed by atoms with Gasteiger partial charge in [-0.05, 0) is 35.8 Å². The zero-order valence-electron chi connectivity index (χ0n) is 12.2. The van der Waals surface area contributed by atoms with Crippen molar-refractivity contribution in [2.75, 3.05) is 5.88 Å². The number of halogens is 1. The van der Waals surface area contributed by atoms with Gasteiger partial charge in [0.2, 0.25) is 0 Å². The molecule has 0 spiro atoms. The SMILES string of the molecule is CC(C)c1ccc(C=C(CCl)C2CCCCC2)cc1. The largest absolute Gasteiger partial charge is 0.122 e. The van der Waals surface area contributed by atoms with Gasteiger partial charge in [-0.3, -0.25) is 0 Å². The number of hydrogen-bond donors (Lipinski definition) is 0. The van der Waals surface area contributed by atoms with Crippen LogP contribution in [0.4, 0.5) is 0 Å². The molecule has 0 aliphatic heterocycles. The van der Waals surface area contributed by atoms with Gasteiger partial charge in [-0.1, -0.05) is 69.0 Å². The second kappa shape index (κ2) is 7.14. The minimum atomic E-state index is 0.601. The first kappa shape index (κ1) is 14.7. The van der Waals surface area contributed by atoms with Crippen LogP contribution in [0.3, 0.4) is 0 Å². The van der Waals surface area contributed by atoms with Crippen molar-refractivity contribution in [3.05, 3.63) is 41.0 Å². The predicted molar refractivity (Wildman–Crippen MR) is 85.8 cm³/mol. The van der Waals surface area contributed by atoms with Gasteiger partial charge >= 0.3 is 0 Å². The van der Waals surface area contributed by atoms with E-state index in [-0.39, 0.29) is 0 Å². The van der Waals surface area contributed by atoms with Crippen molar-refractivity contribution in [1.29, 1.82) is 0 Å². The second-order valence-corrected chi connectivity index (χ2v) is 6.28. The van der Waals surface area contributed by atoms with Crippen LogP contribution in [0.1, 0.15) is 63.0 Å². The fourth-order valence-electron chi connectivity index (χ4n) is 2.93. The van der Waals surface area contributed by atoms with E-state index in [0.717, 1.165) is 5.92 Å². The van der Waals surface area contributed by atoms with Crippen LogP contribution in [-0.2, 0) is 0 Å². The summed E-state index contributed by atoms with van der Waals surface area (Å²) < 4.78 is 0. The minimum Gasteiger partial charge on any atom is -0.122 e. The van der Waals surface area contributed by atoms with E-state index in [1.807, 2.05) is 0 Å². The topological polar surface area (TPSA) is 0 Å². The lowest BCUT2D eigenvalue weighted by Crippen LogP contribution is -2.10. The van der Waals surface area contributed by atoms with E-state index in [0.29, 0.717) is 11.8 Å². The van der Waals surface area contributed by atoms with Crippen molar-refractivity contribution in [1.82, 2.24) is 0 Å². The molecular weight excluding hydrogens is 252 g/mol. The number of hydrogen-bond acceptors (Lipinski definition) is 0. The van der Waals surface area contributed by atoms with Gasteiger partial charge in [0.05, 0.1) is 0 Å². The van der Waals surface area contributed by atoms with Crippen molar-refractivity contribution < 1.29 is 0 Å². The lowest BCUT2D eigenvalue weighted by molar-refractivity contribution is 0.405. The molecule has 1 heteroatoms. The molecule has 1 aliphatic carbocycles. The lowest BCUT2D eigenvalue weighted by atomic mass is 9.83. The van der Waals surface area contributed by atoms with Crippen molar-refractivity contribution in [3.8, 4) is 0 Å². The molecule has 2 rings (SSSR count). The van der Waals surface area contributed by atoms with Crippen molar-refractivity contribution in [2.45, 2.75) is 51.9 Å². The normalized spacial score (nSPS) is 18.0. The molecule has 0 radical (unpaired) electrons. The quantitative estimate of drug-likeness (QED) is 0.591.